The van der Waals surface area contributed by atoms with Crippen LogP contribution in [-0.2, 0) is 28.5 Å². The van der Waals surface area contributed by atoms with Crippen molar-refractivity contribution >= 4 is 67.1 Å². The van der Waals surface area contributed by atoms with Crippen LogP contribution in [0.4, 0.5) is 11.4 Å². The molecule has 0 aromatic heterocycles. The van der Waals surface area contributed by atoms with E-state index in [1.165, 1.54) is 50.6 Å². The molecule has 0 N–H and O–H groups in total. The fourth-order valence-corrected chi connectivity index (χ4v) is 7.61. The maximum Gasteiger partial charge on any atom is 0.338 e. The first kappa shape index (κ1) is 39.7. The SMILES string of the molecule is COC(=O)c1ccc([C@@H]2CC(=O)O[C@H]2c2ccc(Br)cc2C)c([N+](=O)[O-])c1.COC(=O)c1ccc([C@@H]2CC(=O)O[C@H]2c2ccc(Br)cc2C)c([N+](=O)[O-])c1. The number of benzene rings is 4. The highest BCUT2D eigenvalue weighted by Gasteiger charge is 2.42. The molecule has 16 heteroatoms. The number of cyclic esters (lactones) is 2. The van der Waals surface area contributed by atoms with E-state index < -0.39 is 57.8 Å². The maximum absolute atomic E-state index is 12.0. The third-order valence-electron chi connectivity index (χ3n) is 9.19. The molecular weight excluding hydrogens is 836 g/mol. The van der Waals surface area contributed by atoms with Gasteiger partial charge < -0.3 is 18.9 Å². The molecule has 14 nitrogen and oxygen atoms in total. The van der Waals surface area contributed by atoms with Crippen molar-refractivity contribution in [1.82, 2.24) is 0 Å². The molecule has 2 aliphatic rings. The fourth-order valence-electron chi connectivity index (χ4n) is 6.66. The minimum atomic E-state index is -0.663. The zero-order valence-corrected chi connectivity index (χ0v) is 32.4. The molecule has 4 aromatic carbocycles. The molecule has 6 rings (SSSR count). The molecule has 280 valence electrons. The number of nitro benzene ring substituents is 2. The number of aryl methyl sites for hydroxylation is 2. The van der Waals surface area contributed by atoms with Crippen molar-refractivity contribution in [3.63, 3.8) is 0 Å². The minimum absolute atomic E-state index is 0.0264. The quantitative estimate of drug-likeness (QED) is 0.0712. The Balaban J connectivity index is 0.000000208. The second-order valence-corrected chi connectivity index (χ2v) is 14.3. The molecule has 0 spiro atoms. The number of nitro groups is 2. The van der Waals surface area contributed by atoms with Gasteiger partial charge in [-0.25, -0.2) is 9.59 Å². The summed E-state index contributed by atoms with van der Waals surface area (Å²) in [6, 6.07) is 19.4. The number of hydrogen-bond acceptors (Lipinski definition) is 12. The van der Waals surface area contributed by atoms with Crippen molar-refractivity contribution in [2.45, 2.75) is 50.7 Å². The molecule has 4 aromatic rings. The van der Waals surface area contributed by atoms with Crippen LogP contribution in [0.2, 0.25) is 0 Å². The van der Waals surface area contributed by atoms with Gasteiger partial charge in [-0.3, -0.25) is 29.8 Å². The number of hydrogen-bond donors (Lipinski definition) is 0. The van der Waals surface area contributed by atoms with E-state index in [2.05, 4.69) is 41.3 Å². The number of carbonyl (C=O) groups is 4. The number of methoxy groups -OCH3 is 2. The van der Waals surface area contributed by atoms with Gasteiger partial charge in [0.2, 0.25) is 0 Å². The van der Waals surface area contributed by atoms with Gasteiger partial charge in [-0.15, -0.1) is 0 Å². The first-order chi connectivity index (χ1) is 25.6. The van der Waals surface area contributed by atoms with Gasteiger partial charge in [-0.1, -0.05) is 56.1 Å². The van der Waals surface area contributed by atoms with Gasteiger partial charge in [0.25, 0.3) is 11.4 Å². The van der Waals surface area contributed by atoms with Gasteiger partial charge in [0.15, 0.2) is 0 Å². The van der Waals surface area contributed by atoms with Crippen molar-refractivity contribution in [3.05, 3.63) is 146 Å². The average molecular weight is 868 g/mol. The number of carbonyl (C=O) groups excluding carboxylic acids is 4. The third kappa shape index (κ3) is 8.50. The highest BCUT2D eigenvalue weighted by molar-refractivity contribution is 9.10. The molecule has 54 heavy (non-hydrogen) atoms. The van der Waals surface area contributed by atoms with Gasteiger partial charge in [0.05, 0.1) is 48.0 Å². The lowest BCUT2D eigenvalue weighted by molar-refractivity contribution is -0.386. The zero-order valence-electron chi connectivity index (χ0n) is 29.2. The molecular formula is C38H32Br2N2O12. The lowest BCUT2D eigenvalue weighted by Crippen LogP contribution is -2.11. The summed E-state index contributed by atoms with van der Waals surface area (Å²) in [5, 5.41) is 23.2. The van der Waals surface area contributed by atoms with Crippen LogP contribution in [0.5, 0.6) is 0 Å². The Morgan fingerprint density at radius 1 is 0.630 bits per heavy atom. The summed E-state index contributed by atoms with van der Waals surface area (Å²) >= 11 is 6.79. The van der Waals surface area contributed by atoms with E-state index in [9.17, 15) is 39.4 Å². The van der Waals surface area contributed by atoms with Crippen molar-refractivity contribution < 1.29 is 48.0 Å². The van der Waals surface area contributed by atoms with E-state index in [4.69, 9.17) is 9.47 Å². The fraction of sp³-hybridized carbons (Fsp3) is 0.263. The highest BCUT2D eigenvalue weighted by atomic mass is 79.9. The molecule has 2 saturated heterocycles. The second-order valence-electron chi connectivity index (χ2n) is 12.5. The molecule has 4 atom stereocenters. The Labute approximate surface area is 325 Å². The molecule has 0 radical (unpaired) electrons. The van der Waals surface area contributed by atoms with E-state index in [-0.39, 0.29) is 35.3 Å². The van der Waals surface area contributed by atoms with Crippen LogP contribution in [-0.4, -0.2) is 47.9 Å². The van der Waals surface area contributed by atoms with Gasteiger partial charge in [-0.2, -0.15) is 0 Å². The van der Waals surface area contributed by atoms with Crippen LogP contribution in [0.25, 0.3) is 0 Å². The average Bonchev–Trinajstić information content (AvgIpc) is 3.72. The van der Waals surface area contributed by atoms with Crippen molar-refractivity contribution in [1.29, 1.82) is 0 Å². The largest absolute Gasteiger partial charge is 0.465 e. The van der Waals surface area contributed by atoms with Gasteiger partial charge in [-0.05, 0) is 72.5 Å². The number of esters is 4. The molecule has 0 amide bonds. The number of halogens is 2. The van der Waals surface area contributed by atoms with Crippen LogP contribution in [0, 0.1) is 34.1 Å². The summed E-state index contributed by atoms with van der Waals surface area (Å²) in [5.74, 6) is -3.21. The Kier molecular flexibility index (Phi) is 12.3. The van der Waals surface area contributed by atoms with Crippen LogP contribution in [0.15, 0.2) is 81.7 Å². The van der Waals surface area contributed by atoms with Crippen molar-refractivity contribution in [2.24, 2.45) is 0 Å². The first-order valence-electron chi connectivity index (χ1n) is 16.3. The molecule has 2 fully saturated rings. The van der Waals surface area contributed by atoms with Crippen molar-refractivity contribution in [2.75, 3.05) is 14.2 Å². The molecule has 0 saturated carbocycles. The lowest BCUT2D eigenvalue weighted by Gasteiger charge is -2.20. The zero-order chi connectivity index (χ0) is 39.4. The predicted molar refractivity (Wildman–Crippen MR) is 199 cm³/mol. The second kappa shape index (κ2) is 16.7. The van der Waals surface area contributed by atoms with E-state index in [1.54, 1.807) is 0 Å². The Bertz CT molecular complexity index is 2040. The number of nitrogens with zero attached hydrogens (tertiary/aromatic N) is 2. The lowest BCUT2D eigenvalue weighted by atomic mass is 9.85. The Morgan fingerprint density at radius 3 is 1.30 bits per heavy atom. The van der Waals surface area contributed by atoms with Gasteiger partial charge in [0, 0.05) is 44.0 Å². The van der Waals surface area contributed by atoms with Crippen LogP contribution < -0.4 is 0 Å². The standard InChI is InChI=1S/2C19H16BrNO6/c2*1-10-7-12(20)4-6-13(10)18-15(9-17(22)27-18)14-5-3-11(19(23)26-2)8-16(14)21(24)25/h2*3-8,15,18H,9H2,1-2H3/t2*15-,18-/m00/s1. The summed E-state index contributed by atoms with van der Waals surface area (Å²) in [6.45, 7) is 3.77. The van der Waals surface area contributed by atoms with Gasteiger partial charge >= 0.3 is 23.9 Å². The Morgan fingerprint density at radius 2 is 0.981 bits per heavy atom. The van der Waals surface area contributed by atoms with Crippen LogP contribution >= 0.6 is 31.9 Å². The minimum Gasteiger partial charge on any atom is -0.465 e. The molecule has 0 aliphatic carbocycles. The normalized spacial score (nSPS) is 18.9. The topological polar surface area (TPSA) is 191 Å². The summed E-state index contributed by atoms with van der Waals surface area (Å²) in [4.78, 5) is 69.5. The predicted octanol–water partition coefficient (Wildman–Crippen LogP) is 8.45. The summed E-state index contributed by atoms with van der Waals surface area (Å²) in [5.41, 5.74) is 3.79. The van der Waals surface area contributed by atoms with E-state index in [0.29, 0.717) is 11.1 Å². The number of ether oxygens (including phenoxy) is 4. The van der Waals surface area contributed by atoms with Crippen LogP contribution in [0.1, 0.15) is 91.0 Å². The molecule has 2 aliphatic heterocycles. The van der Waals surface area contributed by atoms with E-state index in [1.807, 2.05) is 50.2 Å². The smallest absolute Gasteiger partial charge is 0.338 e. The first-order valence-corrected chi connectivity index (χ1v) is 17.9. The van der Waals surface area contributed by atoms with E-state index in [0.717, 1.165) is 31.2 Å². The molecule has 0 bridgehead atoms. The van der Waals surface area contributed by atoms with Gasteiger partial charge in [0.1, 0.15) is 12.2 Å². The summed E-state index contributed by atoms with van der Waals surface area (Å²) in [6.07, 6.45) is -1.21. The van der Waals surface area contributed by atoms with Crippen molar-refractivity contribution in [3.8, 4) is 0 Å². The highest BCUT2D eigenvalue weighted by Crippen LogP contribution is 2.48. The molecule has 2 heterocycles. The van der Waals surface area contributed by atoms with E-state index >= 15 is 0 Å². The monoisotopic (exact) mass is 866 g/mol. The molecule has 0 unspecified atom stereocenters. The number of rotatable bonds is 8. The maximum atomic E-state index is 12.0. The van der Waals surface area contributed by atoms with Crippen LogP contribution in [0.3, 0.4) is 0 Å². The summed E-state index contributed by atoms with van der Waals surface area (Å²) < 4.78 is 22.0. The third-order valence-corrected chi connectivity index (χ3v) is 10.2. The Hall–Kier alpha value is -5.48. The summed E-state index contributed by atoms with van der Waals surface area (Å²) in [7, 11) is 2.41.